The Labute approximate surface area is 196 Å². The van der Waals surface area contributed by atoms with Gasteiger partial charge in [-0.2, -0.15) is 0 Å². The summed E-state index contributed by atoms with van der Waals surface area (Å²) >= 11 is 0. The summed E-state index contributed by atoms with van der Waals surface area (Å²) in [5.41, 5.74) is 2.23. The third kappa shape index (κ3) is 5.93. The highest BCUT2D eigenvalue weighted by molar-refractivity contribution is 6.39. The number of hydrogen-bond acceptors (Lipinski definition) is 5. The number of carbonyl (C=O) groups is 2. The van der Waals surface area contributed by atoms with E-state index in [1.54, 1.807) is 24.5 Å². The van der Waals surface area contributed by atoms with E-state index in [0.29, 0.717) is 18.8 Å². The molecule has 1 atom stereocenters. The Morgan fingerprint density at radius 1 is 0.882 bits per heavy atom. The smallest absolute Gasteiger partial charge is 0.313 e. The number of carbonyl (C=O) groups excluding carboxylic acids is 2. The molecule has 0 aliphatic carbocycles. The number of anilines is 2. The van der Waals surface area contributed by atoms with E-state index in [1.807, 2.05) is 12.1 Å². The third-order valence-corrected chi connectivity index (χ3v) is 5.78. The van der Waals surface area contributed by atoms with E-state index in [0.717, 1.165) is 24.3 Å². The van der Waals surface area contributed by atoms with Gasteiger partial charge in [0.05, 0.1) is 6.04 Å². The molecule has 2 aromatic carbocycles. The number of aromatic nitrogens is 1. The average Bonchev–Trinajstić information content (AvgIpc) is 2.87. The molecule has 176 valence electrons. The number of benzene rings is 2. The zero-order chi connectivity index (χ0) is 23.9. The number of halogens is 2. The van der Waals surface area contributed by atoms with Crippen LogP contribution in [0.2, 0.25) is 0 Å². The zero-order valence-corrected chi connectivity index (χ0v) is 18.5. The first-order valence-corrected chi connectivity index (χ1v) is 11.0. The number of nitrogens with one attached hydrogen (secondary N) is 2. The van der Waals surface area contributed by atoms with Crippen molar-refractivity contribution in [3.05, 3.63) is 90.3 Å². The van der Waals surface area contributed by atoms with Crippen LogP contribution >= 0.6 is 0 Å². The van der Waals surface area contributed by atoms with Crippen LogP contribution in [0.25, 0.3) is 0 Å². The normalized spacial score (nSPS) is 14.9. The molecule has 0 bridgehead atoms. The molecule has 1 aliphatic heterocycles. The molecule has 1 saturated heterocycles. The van der Waals surface area contributed by atoms with Gasteiger partial charge in [0.2, 0.25) is 0 Å². The van der Waals surface area contributed by atoms with Crippen molar-refractivity contribution in [1.82, 2.24) is 15.2 Å². The lowest BCUT2D eigenvalue weighted by molar-refractivity contribution is -0.136. The molecular weight excluding hydrogens is 440 g/mol. The van der Waals surface area contributed by atoms with Gasteiger partial charge in [-0.05, 0) is 60.2 Å². The van der Waals surface area contributed by atoms with E-state index < -0.39 is 17.6 Å². The topological polar surface area (TPSA) is 77.6 Å². The fourth-order valence-electron chi connectivity index (χ4n) is 3.97. The van der Waals surface area contributed by atoms with Crippen LogP contribution in [0.4, 0.5) is 20.2 Å². The Hall–Kier alpha value is -3.85. The summed E-state index contributed by atoms with van der Waals surface area (Å²) < 4.78 is 26.3. The molecule has 2 amide bonds. The van der Waals surface area contributed by atoms with Crippen molar-refractivity contribution in [3.8, 4) is 0 Å². The molecule has 2 heterocycles. The highest BCUT2D eigenvalue weighted by atomic mass is 19.1. The highest BCUT2D eigenvalue weighted by Gasteiger charge is 2.27. The number of nitrogens with zero attached hydrogens (tertiary/aromatic N) is 3. The summed E-state index contributed by atoms with van der Waals surface area (Å²) in [4.78, 5) is 33.3. The van der Waals surface area contributed by atoms with Gasteiger partial charge in [-0.15, -0.1) is 0 Å². The van der Waals surface area contributed by atoms with Gasteiger partial charge in [-0.25, -0.2) is 8.78 Å². The van der Waals surface area contributed by atoms with E-state index in [-0.39, 0.29) is 18.4 Å². The van der Waals surface area contributed by atoms with Crippen LogP contribution in [0, 0.1) is 11.6 Å². The predicted molar refractivity (Wildman–Crippen MR) is 125 cm³/mol. The minimum absolute atomic E-state index is 0.174. The SMILES string of the molecule is O=C(NC[C@@H](c1cccnc1)N1CCN(c2ccc(F)cc2)CC1)C(=O)Nc1ccc(F)cc1. The second kappa shape index (κ2) is 10.8. The molecule has 1 fully saturated rings. The largest absolute Gasteiger partial charge is 0.369 e. The quantitative estimate of drug-likeness (QED) is 0.548. The van der Waals surface area contributed by atoms with Crippen LogP contribution in [-0.2, 0) is 9.59 Å². The van der Waals surface area contributed by atoms with E-state index in [9.17, 15) is 18.4 Å². The summed E-state index contributed by atoms with van der Waals surface area (Å²) in [7, 11) is 0. The summed E-state index contributed by atoms with van der Waals surface area (Å²) in [5, 5.41) is 5.17. The summed E-state index contributed by atoms with van der Waals surface area (Å²) in [6, 6.07) is 15.2. The van der Waals surface area contributed by atoms with E-state index in [1.165, 1.54) is 36.4 Å². The fourth-order valence-corrected chi connectivity index (χ4v) is 3.97. The van der Waals surface area contributed by atoms with Gasteiger partial charge >= 0.3 is 11.8 Å². The van der Waals surface area contributed by atoms with Crippen LogP contribution in [0.1, 0.15) is 11.6 Å². The van der Waals surface area contributed by atoms with Gasteiger partial charge in [0.1, 0.15) is 11.6 Å². The fraction of sp³-hybridized carbons (Fsp3) is 0.240. The number of pyridine rings is 1. The Morgan fingerprint density at radius 3 is 2.15 bits per heavy atom. The van der Waals surface area contributed by atoms with Crippen LogP contribution in [-0.4, -0.2) is 54.4 Å². The lowest BCUT2D eigenvalue weighted by Gasteiger charge is -2.40. The molecule has 9 heteroatoms. The molecule has 0 radical (unpaired) electrons. The van der Waals surface area contributed by atoms with Gasteiger partial charge < -0.3 is 15.5 Å². The third-order valence-electron chi connectivity index (χ3n) is 5.78. The molecule has 3 aromatic rings. The molecule has 34 heavy (non-hydrogen) atoms. The molecule has 0 unspecified atom stereocenters. The first kappa shape index (κ1) is 23.3. The first-order chi connectivity index (χ1) is 16.5. The first-order valence-electron chi connectivity index (χ1n) is 11.0. The van der Waals surface area contributed by atoms with Crippen LogP contribution in [0.15, 0.2) is 73.1 Å². The van der Waals surface area contributed by atoms with Crippen LogP contribution < -0.4 is 15.5 Å². The molecule has 2 N–H and O–H groups in total. The molecule has 4 rings (SSSR count). The maximum atomic E-state index is 13.2. The second-order valence-corrected chi connectivity index (χ2v) is 7.97. The van der Waals surface area contributed by atoms with Gasteiger partial charge in [0.25, 0.3) is 0 Å². The maximum Gasteiger partial charge on any atom is 0.313 e. The molecule has 1 aromatic heterocycles. The second-order valence-electron chi connectivity index (χ2n) is 7.97. The van der Waals surface area contributed by atoms with E-state index in [4.69, 9.17) is 0 Å². The Kier molecular flexibility index (Phi) is 7.44. The zero-order valence-electron chi connectivity index (χ0n) is 18.5. The monoisotopic (exact) mass is 465 g/mol. The van der Waals surface area contributed by atoms with Gasteiger partial charge in [0, 0.05) is 56.5 Å². The van der Waals surface area contributed by atoms with Gasteiger partial charge in [-0.1, -0.05) is 6.07 Å². The number of rotatable bonds is 6. The lowest BCUT2D eigenvalue weighted by Crippen LogP contribution is -2.50. The lowest BCUT2D eigenvalue weighted by atomic mass is 10.1. The summed E-state index contributed by atoms with van der Waals surface area (Å²) in [6.07, 6.45) is 3.43. The van der Waals surface area contributed by atoms with E-state index >= 15 is 0 Å². The minimum Gasteiger partial charge on any atom is -0.369 e. The Morgan fingerprint density at radius 2 is 1.53 bits per heavy atom. The van der Waals surface area contributed by atoms with Crippen molar-refractivity contribution in [2.75, 3.05) is 42.9 Å². The van der Waals surface area contributed by atoms with Gasteiger partial charge in [0.15, 0.2) is 0 Å². The van der Waals surface area contributed by atoms with Gasteiger partial charge in [-0.3, -0.25) is 19.5 Å². The predicted octanol–water partition coefficient (Wildman–Crippen LogP) is 2.98. The van der Waals surface area contributed by atoms with Crippen molar-refractivity contribution in [3.63, 3.8) is 0 Å². The highest BCUT2D eigenvalue weighted by Crippen LogP contribution is 2.24. The standard InChI is InChI=1S/C25H25F2N5O2/c26-19-3-7-21(8-4-19)30-25(34)24(33)29-17-23(18-2-1-11-28-16-18)32-14-12-31(13-15-32)22-9-5-20(27)6-10-22/h1-11,16,23H,12-15,17H2,(H,29,33)(H,30,34)/t23-/m0/s1. The summed E-state index contributed by atoms with van der Waals surface area (Å²) in [5.74, 6) is -2.29. The van der Waals surface area contributed by atoms with Crippen LogP contribution in [0.3, 0.4) is 0 Å². The van der Waals surface area contributed by atoms with Crippen molar-refractivity contribution in [2.45, 2.75) is 6.04 Å². The molecule has 7 nitrogen and oxygen atoms in total. The van der Waals surface area contributed by atoms with Crippen molar-refractivity contribution in [2.24, 2.45) is 0 Å². The van der Waals surface area contributed by atoms with E-state index in [2.05, 4.69) is 25.4 Å². The molecule has 0 saturated carbocycles. The molecule has 1 aliphatic rings. The van der Waals surface area contributed by atoms with Crippen molar-refractivity contribution in [1.29, 1.82) is 0 Å². The van der Waals surface area contributed by atoms with Crippen LogP contribution in [0.5, 0.6) is 0 Å². The molecular formula is C25H25F2N5O2. The number of amides is 2. The Balaban J connectivity index is 1.38. The van der Waals surface area contributed by atoms with Crippen molar-refractivity contribution >= 4 is 23.2 Å². The summed E-state index contributed by atoms with van der Waals surface area (Å²) in [6.45, 7) is 3.13. The Bertz CT molecular complexity index is 1100. The number of piperazine rings is 1. The average molecular weight is 466 g/mol. The number of hydrogen-bond donors (Lipinski definition) is 2. The molecule has 0 spiro atoms. The van der Waals surface area contributed by atoms with Crippen molar-refractivity contribution < 1.29 is 18.4 Å². The maximum absolute atomic E-state index is 13.2. The minimum atomic E-state index is -0.822.